The highest BCUT2D eigenvalue weighted by Crippen LogP contribution is 2.40. The average Bonchev–Trinajstić information content (AvgIpc) is 2.95. The van der Waals surface area contributed by atoms with Crippen molar-refractivity contribution in [3.05, 3.63) is 35.4 Å². The molecule has 2 fully saturated rings. The predicted molar refractivity (Wildman–Crippen MR) is 86.7 cm³/mol. The lowest BCUT2D eigenvalue weighted by Gasteiger charge is -2.39. The molecule has 138 valence electrons. The van der Waals surface area contributed by atoms with Crippen LogP contribution in [0.25, 0.3) is 0 Å². The lowest BCUT2D eigenvalue weighted by Crippen LogP contribution is -2.50. The fourth-order valence-corrected chi connectivity index (χ4v) is 4.06. The van der Waals surface area contributed by atoms with Crippen LogP contribution in [0.4, 0.5) is 13.2 Å². The first-order chi connectivity index (χ1) is 11.8. The van der Waals surface area contributed by atoms with E-state index < -0.39 is 17.2 Å². The number of piperidine rings is 1. The van der Waals surface area contributed by atoms with Crippen molar-refractivity contribution < 1.29 is 23.1 Å². The van der Waals surface area contributed by atoms with Gasteiger partial charge in [-0.05, 0) is 37.4 Å². The highest BCUT2D eigenvalue weighted by atomic mass is 19.4. The van der Waals surface area contributed by atoms with E-state index in [0.717, 1.165) is 25.3 Å². The van der Waals surface area contributed by atoms with Crippen LogP contribution in [0.2, 0.25) is 0 Å². The van der Waals surface area contributed by atoms with Gasteiger partial charge < -0.3 is 10.0 Å². The van der Waals surface area contributed by atoms with E-state index in [1.165, 1.54) is 12.1 Å². The molecule has 0 radical (unpaired) electrons. The summed E-state index contributed by atoms with van der Waals surface area (Å²) in [4.78, 5) is 16.5. The van der Waals surface area contributed by atoms with E-state index in [0.29, 0.717) is 38.3 Å². The van der Waals surface area contributed by atoms with Gasteiger partial charge in [-0.1, -0.05) is 18.2 Å². The third-order valence-corrected chi connectivity index (χ3v) is 5.29. The van der Waals surface area contributed by atoms with Gasteiger partial charge in [0.1, 0.15) is 0 Å². The smallest absolute Gasteiger partial charge is 0.395 e. The molecule has 0 saturated carbocycles. The Morgan fingerprint density at radius 2 is 2.00 bits per heavy atom. The van der Waals surface area contributed by atoms with E-state index in [1.54, 1.807) is 11.0 Å². The third-order valence-electron chi connectivity index (χ3n) is 5.29. The second-order valence-corrected chi connectivity index (χ2v) is 7.06. The van der Waals surface area contributed by atoms with E-state index in [1.807, 2.05) is 0 Å². The highest BCUT2D eigenvalue weighted by molar-refractivity contribution is 5.84. The lowest BCUT2D eigenvalue weighted by molar-refractivity contribution is -0.146. The monoisotopic (exact) mass is 356 g/mol. The molecule has 25 heavy (non-hydrogen) atoms. The topological polar surface area (TPSA) is 43.8 Å². The molecule has 2 saturated heterocycles. The number of hydrogen-bond acceptors (Lipinski definition) is 3. The van der Waals surface area contributed by atoms with Crippen molar-refractivity contribution in [1.29, 1.82) is 0 Å². The van der Waals surface area contributed by atoms with E-state index >= 15 is 0 Å². The molecular formula is C18H23F3N2O2. The molecular weight excluding hydrogens is 333 g/mol. The fraction of sp³-hybridized carbons (Fsp3) is 0.611. The van der Waals surface area contributed by atoms with Crippen LogP contribution in [-0.2, 0) is 17.5 Å². The Labute approximate surface area is 145 Å². The minimum Gasteiger partial charge on any atom is -0.395 e. The van der Waals surface area contributed by atoms with Crippen LogP contribution in [0.3, 0.4) is 0 Å². The molecule has 0 aliphatic carbocycles. The number of alkyl halides is 3. The number of hydrogen-bond donors (Lipinski definition) is 1. The number of likely N-dealkylation sites (tertiary alicyclic amines) is 2. The summed E-state index contributed by atoms with van der Waals surface area (Å²) in [6.07, 6.45) is -1.89. The molecule has 0 aromatic heterocycles. The Morgan fingerprint density at radius 3 is 2.72 bits per heavy atom. The van der Waals surface area contributed by atoms with Crippen LogP contribution >= 0.6 is 0 Å². The van der Waals surface area contributed by atoms with Crippen molar-refractivity contribution in [2.45, 2.75) is 32.0 Å². The highest BCUT2D eigenvalue weighted by Gasteiger charge is 2.48. The van der Waals surface area contributed by atoms with Crippen molar-refractivity contribution in [3.8, 4) is 0 Å². The number of nitrogens with zero attached hydrogens (tertiary/aromatic N) is 2. The fourth-order valence-electron chi connectivity index (χ4n) is 4.06. The van der Waals surface area contributed by atoms with Crippen molar-refractivity contribution in [3.63, 3.8) is 0 Å². The molecule has 0 bridgehead atoms. The first-order valence-electron chi connectivity index (χ1n) is 8.63. The van der Waals surface area contributed by atoms with Crippen LogP contribution in [-0.4, -0.2) is 53.6 Å². The van der Waals surface area contributed by atoms with Crippen LogP contribution in [0.15, 0.2) is 24.3 Å². The molecule has 1 N–H and O–H groups in total. The maximum atomic E-state index is 12.8. The summed E-state index contributed by atoms with van der Waals surface area (Å²) in [5.74, 6) is 0.0827. The first kappa shape index (κ1) is 18.2. The normalized spacial score (nSPS) is 25.1. The standard InChI is InChI=1S/C18H23F3N2O2/c19-18(20,21)15-4-1-3-14(11-15)12-22-8-6-17(13-22)5-2-7-23(9-10-24)16(17)25/h1,3-4,11,24H,2,5-10,12-13H2/t17-/m1/s1. The number of benzene rings is 1. The number of amides is 1. The number of aliphatic hydroxyl groups is 1. The van der Waals surface area contributed by atoms with Crippen molar-refractivity contribution in [2.24, 2.45) is 5.41 Å². The molecule has 4 nitrogen and oxygen atoms in total. The molecule has 7 heteroatoms. The summed E-state index contributed by atoms with van der Waals surface area (Å²) in [5.41, 5.74) is -0.459. The Kier molecular flexibility index (Phi) is 5.06. The van der Waals surface area contributed by atoms with Gasteiger partial charge in [0.05, 0.1) is 17.6 Å². The molecule has 1 amide bonds. The second kappa shape index (κ2) is 6.96. The SMILES string of the molecule is O=C1N(CCO)CCC[C@]12CCN(Cc1cccc(C(F)(F)F)c1)C2. The number of carbonyl (C=O) groups is 1. The Morgan fingerprint density at radius 1 is 1.20 bits per heavy atom. The zero-order chi connectivity index (χ0) is 18.1. The van der Waals surface area contributed by atoms with Gasteiger partial charge in [0.25, 0.3) is 0 Å². The molecule has 1 spiro atoms. The molecule has 0 unspecified atom stereocenters. The lowest BCUT2D eigenvalue weighted by atomic mass is 9.78. The Balaban J connectivity index is 1.68. The van der Waals surface area contributed by atoms with Gasteiger partial charge in [-0.25, -0.2) is 0 Å². The van der Waals surface area contributed by atoms with Gasteiger partial charge in [0, 0.05) is 26.2 Å². The predicted octanol–water partition coefficient (Wildman–Crippen LogP) is 2.51. The number of β-amino-alcohol motifs (C(OH)–C–C–N with tert-alkyl or cyclic N) is 1. The van der Waals surface area contributed by atoms with Crippen molar-refractivity contribution in [1.82, 2.24) is 9.80 Å². The van der Waals surface area contributed by atoms with E-state index in [-0.39, 0.29) is 12.5 Å². The quantitative estimate of drug-likeness (QED) is 0.902. The van der Waals surface area contributed by atoms with Crippen molar-refractivity contribution >= 4 is 5.91 Å². The summed E-state index contributed by atoms with van der Waals surface area (Å²) in [6, 6.07) is 5.39. The molecule has 2 heterocycles. The first-order valence-corrected chi connectivity index (χ1v) is 8.63. The maximum absolute atomic E-state index is 12.8. The average molecular weight is 356 g/mol. The number of rotatable bonds is 4. The van der Waals surface area contributed by atoms with Crippen LogP contribution in [0, 0.1) is 5.41 Å². The zero-order valence-corrected chi connectivity index (χ0v) is 14.1. The second-order valence-electron chi connectivity index (χ2n) is 7.06. The molecule has 1 atom stereocenters. The summed E-state index contributed by atoms with van der Waals surface area (Å²) in [7, 11) is 0. The molecule has 1 aromatic rings. The van der Waals surface area contributed by atoms with Gasteiger partial charge in [-0.3, -0.25) is 9.69 Å². The molecule has 3 rings (SSSR count). The van der Waals surface area contributed by atoms with Crippen LogP contribution in [0.5, 0.6) is 0 Å². The minimum absolute atomic E-state index is 0.0459. The number of halogens is 3. The molecule has 1 aromatic carbocycles. The Bertz CT molecular complexity index is 633. The van der Waals surface area contributed by atoms with Crippen molar-refractivity contribution in [2.75, 3.05) is 32.8 Å². The van der Waals surface area contributed by atoms with Gasteiger partial charge in [-0.15, -0.1) is 0 Å². The largest absolute Gasteiger partial charge is 0.416 e. The van der Waals surface area contributed by atoms with E-state index in [9.17, 15) is 18.0 Å². The minimum atomic E-state index is -4.34. The van der Waals surface area contributed by atoms with E-state index in [4.69, 9.17) is 5.11 Å². The summed E-state index contributed by atoms with van der Waals surface area (Å²) < 4.78 is 38.5. The van der Waals surface area contributed by atoms with Crippen LogP contribution < -0.4 is 0 Å². The zero-order valence-electron chi connectivity index (χ0n) is 14.1. The number of aliphatic hydroxyl groups excluding tert-OH is 1. The van der Waals surface area contributed by atoms with Gasteiger partial charge in [0.15, 0.2) is 0 Å². The maximum Gasteiger partial charge on any atom is 0.416 e. The molecule has 2 aliphatic heterocycles. The summed E-state index contributed by atoms with van der Waals surface area (Å²) >= 11 is 0. The molecule has 2 aliphatic rings. The van der Waals surface area contributed by atoms with Gasteiger partial charge in [-0.2, -0.15) is 13.2 Å². The summed E-state index contributed by atoms with van der Waals surface area (Å²) in [5, 5.41) is 9.11. The Hall–Kier alpha value is -1.60. The van der Waals surface area contributed by atoms with Crippen LogP contribution in [0.1, 0.15) is 30.4 Å². The van der Waals surface area contributed by atoms with Gasteiger partial charge in [0.2, 0.25) is 5.91 Å². The number of carbonyl (C=O) groups excluding carboxylic acids is 1. The third kappa shape index (κ3) is 3.82. The van der Waals surface area contributed by atoms with E-state index in [2.05, 4.69) is 4.90 Å². The summed E-state index contributed by atoms with van der Waals surface area (Å²) in [6.45, 7) is 2.68. The van der Waals surface area contributed by atoms with Gasteiger partial charge >= 0.3 is 6.18 Å².